The van der Waals surface area contributed by atoms with Crippen LogP contribution in [0, 0.1) is 0 Å². The molecule has 3 rings (SSSR count). The van der Waals surface area contributed by atoms with Gasteiger partial charge in [0.1, 0.15) is 5.75 Å². The zero-order valence-electron chi connectivity index (χ0n) is 14.4. The Labute approximate surface area is 151 Å². The fraction of sp³-hybridized carbons (Fsp3) is 0.222. The zero-order chi connectivity index (χ0) is 18.9. The van der Waals surface area contributed by atoms with Crippen LogP contribution in [0.15, 0.2) is 47.4 Å². The number of rotatable bonds is 4. The third-order valence-electron chi connectivity index (χ3n) is 4.03. The highest BCUT2D eigenvalue weighted by Crippen LogP contribution is 2.27. The van der Waals surface area contributed by atoms with Crippen LogP contribution < -0.4 is 10.1 Å². The number of amides is 1. The lowest BCUT2D eigenvalue weighted by Gasteiger charge is -2.17. The van der Waals surface area contributed by atoms with E-state index in [1.807, 2.05) is 0 Å². The molecular formula is C18H18N2O5S. The largest absolute Gasteiger partial charge is 0.423 e. The van der Waals surface area contributed by atoms with E-state index in [0.717, 1.165) is 9.87 Å². The molecule has 26 heavy (non-hydrogen) atoms. The molecule has 0 spiro atoms. The van der Waals surface area contributed by atoms with Crippen LogP contribution in [0.3, 0.4) is 0 Å². The van der Waals surface area contributed by atoms with Crippen LogP contribution in [0.4, 0.5) is 5.69 Å². The van der Waals surface area contributed by atoms with Crippen molar-refractivity contribution in [1.29, 1.82) is 0 Å². The van der Waals surface area contributed by atoms with Crippen molar-refractivity contribution in [3.63, 3.8) is 0 Å². The van der Waals surface area contributed by atoms with Crippen LogP contribution in [0.25, 0.3) is 0 Å². The number of ether oxygens (including phenoxy) is 1. The molecule has 1 aliphatic heterocycles. The molecule has 1 heterocycles. The summed E-state index contributed by atoms with van der Waals surface area (Å²) in [5, 5.41) is 2.76. The van der Waals surface area contributed by atoms with Crippen LogP contribution in [-0.2, 0) is 21.2 Å². The molecule has 1 amide bonds. The summed E-state index contributed by atoms with van der Waals surface area (Å²) in [5.41, 5.74) is 1.73. The highest BCUT2D eigenvalue weighted by molar-refractivity contribution is 7.89. The number of sulfonamides is 1. The van der Waals surface area contributed by atoms with Crippen molar-refractivity contribution in [3.05, 3.63) is 53.6 Å². The summed E-state index contributed by atoms with van der Waals surface area (Å²) in [4.78, 5) is 23.8. The number of anilines is 1. The SMILES string of the molecule is CN(C)S(=O)(=O)c1cccc(C(=O)Oc2ccc3c(c2)CCC(=O)N3)c1. The van der Waals surface area contributed by atoms with Crippen LogP contribution in [0.5, 0.6) is 5.75 Å². The second-order valence-electron chi connectivity index (χ2n) is 6.07. The van der Waals surface area contributed by atoms with Crippen molar-refractivity contribution in [1.82, 2.24) is 4.31 Å². The number of esters is 1. The third-order valence-corrected chi connectivity index (χ3v) is 5.84. The van der Waals surface area contributed by atoms with E-state index in [-0.39, 0.29) is 16.4 Å². The van der Waals surface area contributed by atoms with Gasteiger partial charge in [-0.3, -0.25) is 4.79 Å². The first-order valence-corrected chi connectivity index (χ1v) is 9.39. The van der Waals surface area contributed by atoms with Gasteiger partial charge >= 0.3 is 5.97 Å². The fourth-order valence-corrected chi connectivity index (χ4v) is 3.53. The number of aryl methyl sites for hydroxylation is 1. The van der Waals surface area contributed by atoms with Gasteiger partial charge in [-0.05, 0) is 48.4 Å². The summed E-state index contributed by atoms with van der Waals surface area (Å²) >= 11 is 0. The molecule has 0 bridgehead atoms. The normalized spacial score (nSPS) is 13.9. The maximum atomic E-state index is 12.4. The Balaban J connectivity index is 1.82. The molecule has 2 aromatic carbocycles. The number of fused-ring (bicyclic) bond motifs is 1. The minimum atomic E-state index is -3.64. The lowest BCUT2D eigenvalue weighted by atomic mass is 10.0. The molecular weight excluding hydrogens is 356 g/mol. The Morgan fingerprint density at radius 3 is 2.62 bits per heavy atom. The standard InChI is InChI=1S/C18H18N2O5S/c1-20(2)26(23,24)15-5-3-4-13(11-15)18(22)25-14-7-8-16-12(10-14)6-9-17(21)19-16/h3-5,7-8,10-11H,6,9H2,1-2H3,(H,19,21). The van der Waals surface area contributed by atoms with Crippen molar-refractivity contribution >= 4 is 27.6 Å². The van der Waals surface area contributed by atoms with Gasteiger partial charge in [-0.1, -0.05) is 6.07 Å². The Bertz CT molecular complexity index is 983. The molecule has 1 aliphatic rings. The number of nitrogens with zero attached hydrogens (tertiary/aromatic N) is 1. The zero-order valence-corrected chi connectivity index (χ0v) is 15.2. The lowest BCUT2D eigenvalue weighted by molar-refractivity contribution is -0.116. The van der Waals surface area contributed by atoms with E-state index in [4.69, 9.17) is 4.74 Å². The van der Waals surface area contributed by atoms with Crippen LogP contribution in [-0.4, -0.2) is 38.7 Å². The molecule has 0 saturated heterocycles. The quantitative estimate of drug-likeness (QED) is 0.653. The number of hydrogen-bond acceptors (Lipinski definition) is 5. The van der Waals surface area contributed by atoms with Crippen LogP contribution in [0.2, 0.25) is 0 Å². The third kappa shape index (κ3) is 3.61. The van der Waals surface area contributed by atoms with E-state index in [9.17, 15) is 18.0 Å². The number of carbonyl (C=O) groups excluding carboxylic acids is 2. The van der Waals surface area contributed by atoms with E-state index in [0.29, 0.717) is 24.3 Å². The molecule has 0 radical (unpaired) electrons. The van der Waals surface area contributed by atoms with Crippen molar-refractivity contribution < 1.29 is 22.7 Å². The van der Waals surface area contributed by atoms with Gasteiger partial charge in [-0.2, -0.15) is 0 Å². The first kappa shape index (κ1) is 18.1. The summed E-state index contributed by atoms with van der Waals surface area (Å²) in [6.45, 7) is 0. The average Bonchev–Trinajstić information content (AvgIpc) is 2.61. The molecule has 0 fully saturated rings. The second kappa shape index (κ2) is 6.89. The molecule has 7 nitrogen and oxygen atoms in total. The van der Waals surface area contributed by atoms with Crippen molar-refractivity contribution in [2.45, 2.75) is 17.7 Å². The predicted molar refractivity (Wildman–Crippen MR) is 95.7 cm³/mol. The Kier molecular flexibility index (Phi) is 4.80. The highest BCUT2D eigenvalue weighted by atomic mass is 32.2. The maximum absolute atomic E-state index is 12.4. The topological polar surface area (TPSA) is 92.8 Å². The fourth-order valence-electron chi connectivity index (χ4n) is 2.58. The Hall–Kier alpha value is -2.71. The second-order valence-corrected chi connectivity index (χ2v) is 8.22. The van der Waals surface area contributed by atoms with E-state index >= 15 is 0 Å². The number of nitrogens with one attached hydrogen (secondary N) is 1. The van der Waals surface area contributed by atoms with Gasteiger partial charge in [0.05, 0.1) is 10.5 Å². The monoisotopic (exact) mass is 374 g/mol. The molecule has 0 unspecified atom stereocenters. The van der Waals surface area contributed by atoms with E-state index in [2.05, 4.69) is 5.32 Å². The number of hydrogen-bond donors (Lipinski definition) is 1. The molecule has 0 aliphatic carbocycles. The van der Waals surface area contributed by atoms with Gasteiger partial charge < -0.3 is 10.1 Å². The minimum absolute atomic E-state index is 0.0186. The summed E-state index contributed by atoms with van der Waals surface area (Å²) < 4.78 is 30.8. The van der Waals surface area contributed by atoms with Crippen LogP contribution in [0.1, 0.15) is 22.3 Å². The molecule has 0 saturated carbocycles. The first-order valence-electron chi connectivity index (χ1n) is 7.95. The number of benzene rings is 2. The minimum Gasteiger partial charge on any atom is -0.423 e. The van der Waals surface area contributed by atoms with E-state index in [1.54, 1.807) is 18.2 Å². The Morgan fingerprint density at radius 2 is 1.88 bits per heavy atom. The van der Waals surface area contributed by atoms with Gasteiger partial charge in [0.25, 0.3) is 0 Å². The van der Waals surface area contributed by atoms with Gasteiger partial charge in [-0.25, -0.2) is 17.5 Å². The van der Waals surface area contributed by atoms with Gasteiger partial charge in [0.15, 0.2) is 0 Å². The molecule has 0 aromatic heterocycles. The number of carbonyl (C=O) groups is 2. The molecule has 8 heteroatoms. The van der Waals surface area contributed by atoms with E-state index in [1.165, 1.54) is 38.4 Å². The summed E-state index contributed by atoms with van der Waals surface area (Å²) in [6.07, 6.45) is 0.956. The van der Waals surface area contributed by atoms with E-state index < -0.39 is 16.0 Å². The van der Waals surface area contributed by atoms with Crippen LogP contribution >= 0.6 is 0 Å². The summed E-state index contributed by atoms with van der Waals surface area (Å²) in [7, 11) is -0.792. The molecule has 0 atom stereocenters. The van der Waals surface area contributed by atoms with Crippen molar-refractivity contribution in [3.8, 4) is 5.75 Å². The molecule has 136 valence electrons. The van der Waals surface area contributed by atoms with Gasteiger partial charge in [-0.15, -0.1) is 0 Å². The van der Waals surface area contributed by atoms with Gasteiger partial charge in [0, 0.05) is 26.2 Å². The molecule has 2 aromatic rings. The maximum Gasteiger partial charge on any atom is 0.343 e. The van der Waals surface area contributed by atoms with Crippen molar-refractivity contribution in [2.24, 2.45) is 0 Å². The summed E-state index contributed by atoms with van der Waals surface area (Å²) in [5.74, 6) is -0.354. The lowest BCUT2D eigenvalue weighted by Crippen LogP contribution is -2.22. The molecule has 1 N–H and O–H groups in total. The average molecular weight is 374 g/mol. The van der Waals surface area contributed by atoms with Gasteiger partial charge in [0.2, 0.25) is 15.9 Å². The highest BCUT2D eigenvalue weighted by Gasteiger charge is 2.20. The van der Waals surface area contributed by atoms with Crippen molar-refractivity contribution in [2.75, 3.05) is 19.4 Å². The first-order chi connectivity index (χ1) is 12.3. The Morgan fingerprint density at radius 1 is 1.12 bits per heavy atom. The smallest absolute Gasteiger partial charge is 0.343 e. The predicted octanol–water partition coefficient (Wildman–Crippen LogP) is 2.04. The summed E-state index contributed by atoms with van der Waals surface area (Å²) in [6, 6.07) is 10.7.